The Kier molecular flexibility index (Phi) is 4.17. The molecular weight excluding hydrogens is 200 g/mol. The van der Waals surface area contributed by atoms with E-state index in [2.05, 4.69) is 5.32 Å². The van der Waals surface area contributed by atoms with Crippen LogP contribution in [0.15, 0.2) is 18.2 Å². The maximum absolute atomic E-state index is 13.3. The van der Waals surface area contributed by atoms with E-state index in [1.807, 2.05) is 0 Å². The summed E-state index contributed by atoms with van der Waals surface area (Å²) in [6.45, 7) is 3.54. The van der Waals surface area contributed by atoms with Crippen LogP contribution >= 0.6 is 0 Å². The molecule has 0 saturated heterocycles. The third-order valence-corrected chi connectivity index (χ3v) is 2.24. The second-order valence-corrected chi connectivity index (χ2v) is 3.64. The minimum absolute atomic E-state index is 0.0207. The van der Waals surface area contributed by atoms with Crippen LogP contribution in [0.1, 0.15) is 25.5 Å². The van der Waals surface area contributed by atoms with Gasteiger partial charge in [0.15, 0.2) is 0 Å². The van der Waals surface area contributed by atoms with Gasteiger partial charge in [-0.2, -0.15) is 0 Å². The average molecular weight is 215 g/mol. The van der Waals surface area contributed by atoms with Crippen molar-refractivity contribution in [2.75, 3.05) is 6.61 Å². The van der Waals surface area contributed by atoms with Gasteiger partial charge in [-0.15, -0.1) is 0 Å². The second-order valence-electron chi connectivity index (χ2n) is 3.64. The quantitative estimate of drug-likeness (QED) is 0.805. The highest BCUT2D eigenvalue weighted by molar-refractivity contribution is 5.21. The van der Waals surface area contributed by atoms with Gasteiger partial charge in [0.25, 0.3) is 0 Å². The first-order valence-electron chi connectivity index (χ1n) is 4.86. The molecule has 0 radical (unpaired) electrons. The number of nitrogens with one attached hydrogen (secondary N) is 1. The molecule has 2 nitrogen and oxygen atoms in total. The fourth-order valence-corrected chi connectivity index (χ4v) is 1.42. The molecule has 1 aromatic rings. The van der Waals surface area contributed by atoms with Crippen molar-refractivity contribution < 1.29 is 13.9 Å². The van der Waals surface area contributed by atoms with Gasteiger partial charge < -0.3 is 10.4 Å². The summed E-state index contributed by atoms with van der Waals surface area (Å²) in [6.07, 6.45) is 0. The van der Waals surface area contributed by atoms with E-state index in [1.54, 1.807) is 13.8 Å². The van der Waals surface area contributed by atoms with E-state index in [4.69, 9.17) is 5.11 Å². The second kappa shape index (κ2) is 5.19. The number of hydrogen-bond acceptors (Lipinski definition) is 2. The first-order chi connectivity index (χ1) is 7.04. The van der Waals surface area contributed by atoms with Crippen LogP contribution in [0.2, 0.25) is 0 Å². The van der Waals surface area contributed by atoms with Crippen molar-refractivity contribution in [2.45, 2.75) is 25.9 Å². The van der Waals surface area contributed by atoms with E-state index in [0.29, 0.717) is 5.56 Å². The van der Waals surface area contributed by atoms with Gasteiger partial charge in [0, 0.05) is 23.7 Å². The predicted molar refractivity (Wildman–Crippen MR) is 54.5 cm³/mol. The fourth-order valence-electron chi connectivity index (χ4n) is 1.42. The molecule has 1 rings (SSSR count). The first-order valence-corrected chi connectivity index (χ1v) is 4.86. The molecule has 0 aromatic heterocycles. The Morgan fingerprint density at radius 3 is 2.53 bits per heavy atom. The lowest BCUT2D eigenvalue weighted by atomic mass is 10.1. The lowest BCUT2D eigenvalue weighted by molar-refractivity contribution is 0.242. The molecule has 0 aliphatic carbocycles. The Balaban J connectivity index is 2.77. The molecule has 0 fully saturated rings. The smallest absolute Gasteiger partial charge is 0.130 e. The van der Waals surface area contributed by atoms with E-state index in [-0.39, 0.29) is 18.7 Å². The SMILES string of the molecule is C[C@H](CO)N[C@@H](C)c1ccc(F)cc1F. The summed E-state index contributed by atoms with van der Waals surface area (Å²) < 4.78 is 26.0. The molecule has 2 N–H and O–H groups in total. The summed E-state index contributed by atoms with van der Waals surface area (Å²) in [6, 6.07) is 3.11. The Labute approximate surface area is 87.9 Å². The van der Waals surface area contributed by atoms with E-state index in [9.17, 15) is 8.78 Å². The Hall–Kier alpha value is -1.00. The molecule has 0 heterocycles. The summed E-state index contributed by atoms with van der Waals surface area (Å²) in [7, 11) is 0. The maximum Gasteiger partial charge on any atom is 0.130 e. The third kappa shape index (κ3) is 3.25. The molecule has 0 amide bonds. The van der Waals surface area contributed by atoms with Crippen molar-refractivity contribution >= 4 is 0 Å². The largest absolute Gasteiger partial charge is 0.395 e. The van der Waals surface area contributed by atoms with E-state index in [1.165, 1.54) is 12.1 Å². The van der Waals surface area contributed by atoms with Crippen molar-refractivity contribution in [3.8, 4) is 0 Å². The predicted octanol–water partition coefficient (Wildman–Crippen LogP) is 2.00. The summed E-state index contributed by atoms with van der Waals surface area (Å²) >= 11 is 0. The number of hydrogen-bond donors (Lipinski definition) is 2. The molecule has 1 aromatic carbocycles. The molecule has 0 aliphatic heterocycles. The highest BCUT2D eigenvalue weighted by atomic mass is 19.1. The summed E-state index contributed by atoms with van der Waals surface area (Å²) in [5, 5.41) is 11.8. The van der Waals surface area contributed by atoms with Gasteiger partial charge >= 0.3 is 0 Å². The van der Waals surface area contributed by atoms with E-state index < -0.39 is 11.6 Å². The zero-order chi connectivity index (χ0) is 11.4. The zero-order valence-electron chi connectivity index (χ0n) is 8.80. The molecule has 0 spiro atoms. The molecule has 15 heavy (non-hydrogen) atoms. The van der Waals surface area contributed by atoms with Crippen molar-refractivity contribution in [3.63, 3.8) is 0 Å². The van der Waals surface area contributed by atoms with Gasteiger partial charge in [-0.05, 0) is 19.9 Å². The molecule has 84 valence electrons. The minimum Gasteiger partial charge on any atom is -0.395 e. The molecule has 0 aliphatic rings. The topological polar surface area (TPSA) is 32.3 Å². The van der Waals surface area contributed by atoms with Crippen LogP contribution in [-0.2, 0) is 0 Å². The Morgan fingerprint density at radius 2 is 2.00 bits per heavy atom. The molecule has 0 saturated carbocycles. The van der Waals surface area contributed by atoms with Gasteiger partial charge in [0.2, 0.25) is 0 Å². The molecular formula is C11H15F2NO. The Morgan fingerprint density at radius 1 is 1.33 bits per heavy atom. The van der Waals surface area contributed by atoms with Crippen LogP contribution in [0.25, 0.3) is 0 Å². The van der Waals surface area contributed by atoms with Crippen LogP contribution in [-0.4, -0.2) is 17.8 Å². The average Bonchev–Trinajstić information content (AvgIpc) is 2.17. The Bertz CT molecular complexity index is 330. The van der Waals surface area contributed by atoms with Gasteiger partial charge in [0.1, 0.15) is 11.6 Å². The lowest BCUT2D eigenvalue weighted by Crippen LogP contribution is -2.32. The van der Waals surface area contributed by atoms with Crippen LogP contribution < -0.4 is 5.32 Å². The summed E-state index contributed by atoms with van der Waals surface area (Å²) in [5.41, 5.74) is 0.400. The molecule has 2 atom stereocenters. The summed E-state index contributed by atoms with van der Waals surface area (Å²) in [4.78, 5) is 0. The number of benzene rings is 1. The fraction of sp³-hybridized carbons (Fsp3) is 0.455. The minimum atomic E-state index is -0.585. The molecule has 0 unspecified atom stereocenters. The maximum atomic E-state index is 13.3. The number of halogens is 2. The van der Waals surface area contributed by atoms with Crippen molar-refractivity contribution in [2.24, 2.45) is 0 Å². The van der Waals surface area contributed by atoms with Gasteiger partial charge in [-0.3, -0.25) is 0 Å². The lowest BCUT2D eigenvalue weighted by Gasteiger charge is -2.19. The monoisotopic (exact) mass is 215 g/mol. The van der Waals surface area contributed by atoms with Gasteiger partial charge in [0.05, 0.1) is 6.61 Å². The van der Waals surface area contributed by atoms with Gasteiger partial charge in [-0.1, -0.05) is 6.07 Å². The van der Waals surface area contributed by atoms with E-state index in [0.717, 1.165) is 6.07 Å². The normalized spacial score (nSPS) is 15.0. The van der Waals surface area contributed by atoms with Crippen LogP contribution in [0.4, 0.5) is 8.78 Å². The van der Waals surface area contributed by atoms with Gasteiger partial charge in [-0.25, -0.2) is 8.78 Å². The van der Waals surface area contributed by atoms with Crippen molar-refractivity contribution in [1.82, 2.24) is 5.32 Å². The zero-order valence-corrected chi connectivity index (χ0v) is 8.80. The standard InChI is InChI=1S/C11H15F2NO/c1-7(6-15)14-8(2)10-4-3-9(12)5-11(10)13/h3-5,7-8,14-15H,6H2,1-2H3/t7-,8+/m1/s1. The van der Waals surface area contributed by atoms with Crippen LogP contribution in [0, 0.1) is 11.6 Å². The number of aliphatic hydroxyl groups is 1. The summed E-state index contributed by atoms with van der Waals surface area (Å²) in [5.74, 6) is -1.15. The van der Waals surface area contributed by atoms with E-state index >= 15 is 0 Å². The van der Waals surface area contributed by atoms with Crippen LogP contribution in [0.3, 0.4) is 0 Å². The van der Waals surface area contributed by atoms with Crippen molar-refractivity contribution in [1.29, 1.82) is 0 Å². The van der Waals surface area contributed by atoms with Crippen molar-refractivity contribution in [3.05, 3.63) is 35.4 Å². The van der Waals surface area contributed by atoms with Crippen LogP contribution in [0.5, 0.6) is 0 Å². The molecule has 0 bridgehead atoms. The molecule has 4 heteroatoms. The third-order valence-electron chi connectivity index (χ3n) is 2.24. The highest BCUT2D eigenvalue weighted by Gasteiger charge is 2.13. The first kappa shape index (κ1) is 12.1. The number of rotatable bonds is 4. The number of aliphatic hydroxyl groups excluding tert-OH is 1. The highest BCUT2D eigenvalue weighted by Crippen LogP contribution is 2.17.